The summed E-state index contributed by atoms with van der Waals surface area (Å²) < 4.78 is 0. The summed E-state index contributed by atoms with van der Waals surface area (Å²) in [6, 6.07) is 10.7. The van der Waals surface area contributed by atoms with Crippen molar-refractivity contribution in [3.8, 4) is 0 Å². The van der Waals surface area contributed by atoms with E-state index < -0.39 is 0 Å². The molecule has 0 amide bonds. The molecule has 0 saturated carbocycles. The van der Waals surface area contributed by atoms with Gasteiger partial charge in [-0.05, 0) is 35.1 Å². The number of hydrogen-bond acceptors (Lipinski definition) is 2. The van der Waals surface area contributed by atoms with Crippen LogP contribution in [0.1, 0.15) is 37.5 Å². The van der Waals surface area contributed by atoms with Crippen LogP contribution in [0.2, 0.25) is 0 Å². The predicted octanol–water partition coefficient (Wildman–Crippen LogP) is 4.30. The van der Waals surface area contributed by atoms with E-state index in [-0.39, 0.29) is 5.41 Å². The number of para-hydroxylation sites is 1. The molecule has 2 aromatic rings. The second-order valence-corrected chi connectivity index (χ2v) is 6.02. The molecule has 0 atom stereocenters. The van der Waals surface area contributed by atoms with Crippen molar-refractivity contribution in [1.82, 2.24) is 4.98 Å². The summed E-state index contributed by atoms with van der Waals surface area (Å²) in [6.07, 6.45) is 3.80. The van der Waals surface area contributed by atoms with Crippen molar-refractivity contribution in [1.29, 1.82) is 0 Å². The van der Waals surface area contributed by atoms with E-state index in [0.717, 1.165) is 6.54 Å². The molecule has 0 fully saturated rings. The standard InChI is InChI=1S/C17H22N2/c1-13-9-14(11-18-10-13)12-19-16-8-6-5-7-15(16)17(2,3)4/h5-11,19H,12H2,1-4H3. The van der Waals surface area contributed by atoms with Crippen LogP contribution in [-0.4, -0.2) is 4.98 Å². The first-order valence-electron chi connectivity index (χ1n) is 6.71. The Labute approximate surface area is 115 Å². The molecule has 0 unspecified atom stereocenters. The lowest BCUT2D eigenvalue weighted by Gasteiger charge is -2.23. The monoisotopic (exact) mass is 254 g/mol. The maximum Gasteiger partial charge on any atom is 0.0416 e. The molecule has 2 nitrogen and oxygen atoms in total. The number of benzene rings is 1. The minimum Gasteiger partial charge on any atom is -0.381 e. The zero-order chi connectivity index (χ0) is 13.9. The van der Waals surface area contributed by atoms with Gasteiger partial charge < -0.3 is 5.32 Å². The van der Waals surface area contributed by atoms with Crippen LogP contribution < -0.4 is 5.32 Å². The molecule has 2 heteroatoms. The van der Waals surface area contributed by atoms with Crippen LogP contribution in [0.25, 0.3) is 0 Å². The van der Waals surface area contributed by atoms with E-state index in [9.17, 15) is 0 Å². The number of pyridine rings is 1. The molecule has 0 spiro atoms. The average molecular weight is 254 g/mol. The number of aromatic nitrogens is 1. The third-order valence-corrected chi connectivity index (χ3v) is 3.15. The van der Waals surface area contributed by atoms with Gasteiger partial charge in [-0.2, -0.15) is 0 Å². The highest BCUT2D eigenvalue weighted by Gasteiger charge is 2.16. The predicted molar refractivity (Wildman–Crippen MR) is 81.4 cm³/mol. The Morgan fingerprint density at radius 2 is 1.84 bits per heavy atom. The Hall–Kier alpha value is -1.83. The Morgan fingerprint density at radius 3 is 2.53 bits per heavy atom. The maximum absolute atomic E-state index is 4.23. The highest BCUT2D eigenvalue weighted by Crippen LogP contribution is 2.29. The van der Waals surface area contributed by atoms with Crippen molar-refractivity contribution in [3.05, 3.63) is 59.4 Å². The van der Waals surface area contributed by atoms with E-state index in [1.54, 1.807) is 0 Å². The Bertz CT molecular complexity index is 553. The van der Waals surface area contributed by atoms with Gasteiger partial charge in [-0.25, -0.2) is 0 Å². The molecule has 100 valence electrons. The van der Waals surface area contributed by atoms with Gasteiger partial charge in [-0.3, -0.25) is 4.98 Å². The lowest BCUT2D eigenvalue weighted by molar-refractivity contribution is 0.591. The van der Waals surface area contributed by atoms with E-state index in [0.29, 0.717) is 0 Å². The van der Waals surface area contributed by atoms with Crippen molar-refractivity contribution < 1.29 is 0 Å². The van der Waals surface area contributed by atoms with Gasteiger partial charge in [0.15, 0.2) is 0 Å². The van der Waals surface area contributed by atoms with E-state index in [4.69, 9.17) is 0 Å². The van der Waals surface area contributed by atoms with E-state index in [2.05, 4.69) is 68.3 Å². The van der Waals surface area contributed by atoms with Gasteiger partial charge in [0.25, 0.3) is 0 Å². The second kappa shape index (κ2) is 5.43. The van der Waals surface area contributed by atoms with Crippen LogP contribution in [0.5, 0.6) is 0 Å². The Kier molecular flexibility index (Phi) is 3.89. The summed E-state index contributed by atoms with van der Waals surface area (Å²) in [5.74, 6) is 0. The molecule has 1 N–H and O–H groups in total. The fourth-order valence-corrected chi connectivity index (χ4v) is 2.20. The normalized spacial score (nSPS) is 11.4. The molecule has 0 aliphatic carbocycles. The molecule has 0 saturated heterocycles. The average Bonchev–Trinajstić information content (AvgIpc) is 2.36. The van der Waals surface area contributed by atoms with Crippen LogP contribution in [0.3, 0.4) is 0 Å². The van der Waals surface area contributed by atoms with Gasteiger partial charge >= 0.3 is 0 Å². The minimum atomic E-state index is 0.147. The third-order valence-electron chi connectivity index (χ3n) is 3.15. The van der Waals surface area contributed by atoms with E-state index in [1.165, 1.54) is 22.4 Å². The van der Waals surface area contributed by atoms with Gasteiger partial charge in [-0.15, -0.1) is 0 Å². The number of hydrogen-bond donors (Lipinski definition) is 1. The molecule has 0 aliphatic rings. The van der Waals surface area contributed by atoms with Gasteiger partial charge in [-0.1, -0.05) is 45.0 Å². The Balaban J connectivity index is 2.16. The molecular weight excluding hydrogens is 232 g/mol. The summed E-state index contributed by atoms with van der Waals surface area (Å²) in [5, 5.41) is 3.52. The van der Waals surface area contributed by atoms with Crippen molar-refractivity contribution in [3.63, 3.8) is 0 Å². The van der Waals surface area contributed by atoms with Crippen LogP contribution >= 0.6 is 0 Å². The fourth-order valence-electron chi connectivity index (χ4n) is 2.20. The summed E-state index contributed by atoms with van der Waals surface area (Å²) in [5.41, 5.74) is 5.10. The SMILES string of the molecule is Cc1cncc(CNc2ccccc2C(C)(C)C)c1. The summed E-state index contributed by atoms with van der Waals surface area (Å²) in [6.45, 7) is 9.59. The number of nitrogens with one attached hydrogen (secondary N) is 1. The van der Waals surface area contributed by atoms with Crippen LogP contribution in [0.4, 0.5) is 5.69 Å². The topological polar surface area (TPSA) is 24.9 Å². The van der Waals surface area contributed by atoms with Crippen molar-refractivity contribution in [2.75, 3.05) is 5.32 Å². The molecule has 1 heterocycles. The third kappa shape index (κ3) is 3.57. The first kappa shape index (κ1) is 13.6. The highest BCUT2D eigenvalue weighted by atomic mass is 14.9. The molecule has 1 aromatic carbocycles. The second-order valence-electron chi connectivity index (χ2n) is 6.02. The fraction of sp³-hybridized carbons (Fsp3) is 0.353. The zero-order valence-electron chi connectivity index (χ0n) is 12.2. The van der Waals surface area contributed by atoms with Crippen molar-refractivity contribution in [2.24, 2.45) is 0 Å². The first-order valence-corrected chi connectivity index (χ1v) is 6.71. The molecule has 0 radical (unpaired) electrons. The van der Waals surface area contributed by atoms with Crippen LogP contribution in [0, 0.1) is 6.92 Å². The van der Waals surface area contributed by atoms with Crippen LogP contribution in [0.15, 0.2) is 42.7 Å². The summed E-state index contributed by atoms with van der Waals surface area (Å²) in [4.78, 5) is 4.23. The number of rotatable bonds is 3. The van der Waals surface area contributed by atoms with Gasteiger partial charge in [0.05, 0.1) is 0 Å². The van der Waals surface area contributed by atoms with E-state index in [1.807, 2.05) is 12.4 Å². The summed E-state index contributed by atoms with van der Waals surface area (Å²) in [7, 11) is 0. The Morgan fingerprint density at radius 1 is 1.11 bits per heavy atom. The van der Waals surface area contributed by atoms with Crippen molar-refractivity contribution >= 4 is 5.69 Å². The van der Waals surface area contributed by atoms with Gasteiger partial charge in [0.2, 0.25) is 0 Å². The largest absolute Gasteiger partial charge is 0.381 e. The highest BCUT2D eigenvalue weighted by molar-refractivity contribution is 5.54. The molecule has 0 bridgehead atoms. The molecule has 0 aliphatic heterocycles. The zero-order valence-corrected chi connectivity index (χ0v) is 12.2. The lowest BCUT2D eigenvalue weighted by Crippen LogP contribution is -2.14. The smallest absolute Gasteiger partial charge is 0.0416 e. The molecule has 19 heavy (non-hydrogen) atoms. The number of nitrogens with zero attached hydrogens (tertiary/aromatic N) is 1. The van der Waals surface area contributed by atoms with E-state index >= 15 is 0 Å². The van der Waals surface area contributed by atoms with Crippen molar-refractivity contribution in [2.45, 2.75) is 39.7 Å². The maximum atomic E-state index is 4.23. The molecule has 1 aromatic heterocycles. The first-order chi connectivity index (χ1) is 8.97. The molecule has 2 rings (SSSR count). The summed E-state index contributed by atoms with van der Waals surface area (Å²) >= 11 is 0. The quantitative estimate of drug-likeness (QED) is 0.883. The molecular formula is C17H22N2. The van der Waals surface area contributed by atoms with Gasteiger partial charge in [0.1, 0.15) is 0 Å². The van der Waals surface area contributed by atoms with Gasteiger partial charge in [0, 0.05) is 24.6 Å². The number of anilines is 1. The minimum absolute atomic E-state index is 0.147. The van der Waals surface area contributed by atoms with Crippen LogP contribution in [-0.2, 0) is 12.0 Å². The lowest BCUT2D eigenvalue weighted by atomic mass is 9.86. The number of aryl methyl sites for hydroxylation is 1.